The summed E-state index contributed by atoms with van der Waals surface area (Å²) in [6, 6.07) is 107. The standard InChI is InChI=1S/C87H57B3N8OS3/c1-100-96-76-49-67-63(88-61-31-13-21-39-75(61)92(51-23-5-4-6-24-51)79-42-52(41-68(91-67)85(79)88)93-69-33-15-7-25-55(69)56-26-8-16-34-70(56)93)47-64(76)90-66-48-65-77(50-78(66)97(101-2)81-44-53(43-80(96)86(81)90)94-71-35-17-9-27-57(71)58-28-10-18-36-72(58)94)98(102-3)82-45-54(46-84-87(82)89(65)62-32-14-22-40-83(62)99-84)95-73-37-19-11-29-59(73)60-30-12-20-38-74(60)95/h4-50,91H,1-3H3. The van der Waals surface area contributed by atoms with E-state index in [0.29, 0.717) is 0 Å². The molecule has 0 atom stereocenters. The van der Waals surface area contributed by atoms with Crippen LogP contribution in [0.5, 0.6) is 11.5 Å². The Morgan fingerprint density at radius 2 is 0.657 bits per heavy atom. The molecule has 0 radical (unpaired) electrons. The minimum atomic E-state index is -0.191. The first-order valence-electron chi connectivity index (χ1n) is 34.9. The average molecular weight is 1360 g/mol. The molecular formula is C87H57B3N8OS3. The molecule has 1 N–H and O–H groups in total. The molecule has 0 unspecified atom stereocenters. The highest BCUT2D eigenvalue weighted by Gasteiger charge is 2.50. The second kappa shape index (κ2) is 21.3. The van der Waals surface area contributed by atoms with Crippen LogP contribution in [0.4, 0.5) is 62.6 Å². The Balaban J connectivity index is 0.789. The normalized spacial score (nSPS) is 14.0. The van der Waals surface area contributed by atoms with Crippen molar-refractivity contribution in [2.45, 2.75) is 0 Å². The molecule has 102 heavy (non-hydrogen) atoms. The lowest BCUT2D eigenvalue weighted by Gasteiger charge is -2.46. The van der Waals surface area contributed by atoms with E-state index in [9.17, 15) is 0 Å². The average Bonchev–Trinajstić information content (AvgIpc) is 0.746. The fraction of sp³-hybridized carbons (Fsp3) is 0.0345. The maximum Gasteiger partial charge on any atom is 0.256 e. The lowest BCUT2D eigenvalue weighted by Crippen LogP contribution is -2.66. The van der Waals surface area contributed by atoms with Gasteiger partial charge in [0.2, 0.25) is 0 Å². The molecule has 9 heterocycles. The van der Waals surface area contributed by atoms with Crippen LogP contribution < -0.4 is 77.0 Å². The van der Waals surface area contributed by atoms with Crippen molar-refractivity contribution < 1.29 is 4.74 Å². The minimum Gasteiger partial charge on any atom is -0.458 e. The van der Waals surface area contributed by atoms with Crippen LogP contribution in [-0.2, 0) is 0 Å². The number of hydrogen-bond acceptors (Lipinski definition) is 9. The molecule has 6 aliphatic rings. The molecular weight excluding hydrogens is 1300 g/mol. The first-order valence-corrected chi connectivity index (χ1v) is 38.4. The van der Waals surface area contributed by atoms with Crippen molar-refractivity contribution in [3.05, 3.63) is 285 Å². The molecule has 6 aliphatic heterocycles. The molecule has 14 aromatic carbocycles. The van der Waals surface area contributed by atoms with E-state index >= 15 is 0 Å². The van der Waals surface area contributed by atoms with Crippen LogP contribution in [0.15, 0.2) is 285 Å². The monoisotopic (exact) mass is 1360 g/mol. The molecule has 3 aromatic heterocycles. The number of rotatable bonds is 7. The summed E-state index contributed by atoms with van der Waals surface area (Å²) in [5, 5.41) is 11.7. The van der Waals surface area contributed by atoms with E-state index in [4.69, 9.17) is 4.74 Å². The quantitative estimate of drug-likeness (QED) is 0.124. The summed E-state index contributed by atoms with van der Waals surface area (Å²) in [4.78, 5) is 2.51. The van der Waals surface area contributed by atoms with Crippen molar-refractivity contribution in [3.8, 4) is 28.6 Å². The minimum absolute atomic E-state index is 0.119. The SMILES string of the molecule is CSN1c2cc3c(cc2B2c4ccccc4Oc4cc(-n5c6ccccc6c6ccccc65)cc1c42)B1c2cc4c(cc2N(SC)c2cc(-n5c6ccccc6c6ccccc65)cc(c21)N3SC)Nc1cc(-n2c3ccccc3c3ccccc32)cc2c1B4c1ccccc1N2c1ccccc1. The number of nitrogens with zero attached hydrogens (tertiary/aromatic N) is 7. The lowest BCUT2D eigenvalue weighted by molar-refractivity contribution is 0.487. The van der Waals surface area contributed by atoms with Gasteiger partial charge in [0.1, 0.15) is 11.5 Å². The number of benzene rings is 14. The molecule has 0 amide bonds. The van der Waals surface area contributed by atoms with Crippen molar-refractivity contribution in [3.63, 3.8) is 0 Å². The fourth-order valence-corrected chi connectivity index (χ4v) is 20.9. The predicted octanol–water partition coefficient (Wildman–Crippen LogP) is 16.7. The van der Waals surface area contributed by atoms with Crippen LogP contribution in [0.25, 0.3) is 82.5 Å². The highest BCUT2D eigenvalue weighted by molar-refractivity contribution is 8.01. The van der Waals surface area contributed by atoms with Gasteiger partial charge in [0.05, 0.1) is 67.2 Å². The van der Waals surface area contributed by atoms with Crippen LogP contribution in [0.3, 0.4) is 0 Å². The van der Waals surface area contributed by atoms with E-state index in [-0.39, 0.29) is 20.1 Å². The molecule has 0 spiro atoms. The Bertz CT molecular complexity index is 6430. The number of ether oxygens (including phenoxy) is 1. The molecule has 17 aromatic rings. The first kappa shape index (κ1) is 57.3. The molecule has 0 bridgehead atoms. The number of nitrogens with one attached hydrogen (secondary N) is 1. The third-order valence-electron chi connectivity index (χ3n) is 22.7. The summed E-state index contributed by atoms with van der Waals surface area (Å²) in [5.74, 6) is 1.76. The molecule has 0 aliphatic carbocycles. The van der Waals surface area contributed by atoms with Gasteiger partial charge in [-0.25, -0.2) is 0 Å². The fourth-order valence-electron chi connectivity index (χ4n) is 18.8. The summed E-state index contributed by atoms with van der Waals surface area (Å²) >= 11 is 5.34. The van der Waals surface area contributed by atoms with Gasteiger partial charge in [0.15, 0.2) is 0 Å². The van der Waals surface area contributed by atoms with E-state index in [0.717, 1.165) is 68.0 Å². The zero-order valence-electron chi connectivity index (χ0n) is 55.6. The van der Waals surface area contributed by atoms with Crippen molar-refractivity contribution in [2.75, 3.05) is 41.9 Å². The zero-order valence-corrected chi connectivity index (χ0v) is 58.1. The summed E-state index contributed by atoms with van der Waals surface area (Å²) in [6.07, 6.45) is 6.75. The van der Waals surface area contributed by atoms with Gasteiger partial charge in [0.25, 0.3) is 20.1 Å². The highest BCUT2D eigenvalue weighted by atomic mass is 32.2. The van der Waals surface area contributed by atoms with Crippen LogP contribution in [0.2, 0.25) is 0 Å². The Morgan fingerprint density at radius 1 is 0.265 bits per heavy atom. The molecule has 9 nitrogen and oxygen atoms in total. The maximum absolute atomic E-state index is 7.27. The summed E-state index contributed by atoms with van der Waals surface area (Å²) in [7, 11) is 0. The van der Waals surface area contributed by atoms with Crippen molar-refractivity contribution >= 4 is 233 Å². The predicted molar refractivity (Wildman–Crippen MR) is 441 cm³/mol. The number of para-hydroxylation sites is 9. The third kappa shape index (κ3) is 7.61. The summed E-state index contributed by atoms with van der Waals surface area (Å²) in [6.45, 7) is -0.444. The summed E-state index contributed by atoms with van der Waals surface area (Å²) in [5.41, 5.74) is 34.2. The van der Waals surface area contributed by atoms with Crippen molar-refractivity contribution in [1.29, 1.82) is 0 Å². The van der Waals surface area contributed by atoms with Crippen LogP contribution >= 0.6 is 35.8 Å². The number of fused-ring (bicyclic) bond motifs is 21. The number of hydrogen-bond donors (Lipinski definition) is 1. The molecule has 0 saturated carbocycles. The van der Waals surface area contributed by atoms with Crippen LogP contribution in [0.1, 0.15) is 0 Å². The maximum atomic E-state index is 7.27. The van der Waals surface area contributed by atoms with Crippen LogP contribution in [-0.4, -0.2) is 52.6 Å². The number of anilines is 11. The molecule has 0 fully saturated rings. The largest absolute Gasteiger partial charge is 0.458 e. The Hall–Kier alpha value is -11.5. The second-order valence-electron chi connectivity index (χ2n) is 27.5. The Morgan fingerprint density at radius 3 is 1.18 bits per heavy atom. The Kier molecular flexibility index (Phi) is 12.0. The first-order chi connectivity index (χ1) is 50.5. The molecule has 478 valence electrons. The van der Waals surface area contributed by atoms with Gasteiger partial charge < -0.3 is 28.7 Å². The van der Waals surface area contributed by atoms with Gasteiger partial charge in [-0.15, -0.1) is 0 Å². The number of aromatic nitrogens is 3. The van der Waals surface area contributed by atoms with E-state index < -0.39 is 0 Å². The van der Waals surface area contributed by atoms with Gasteiger partial charge in [-0.05, 0) is 188 Å². The Labute approximate surface area is 602 Å². The van der Waals surface area contributed by atoms with Crippen LogP contribution in [0, 0.1) is 0 Å². The van der Waals surface area contributed by atoms with Gasteiger partial charge in [-0.1, -0.05) is 176 Å². The lowest BCUT2D eigenvalue weighted by atomic mass is 9.29. The van der Waals surface area contributed by atoms with E-state index in [1.54, 1.807) is 35.8 Å². The second-order valence-corrected chi connectivity index (χ2v) is 29.7. The van der Waals surface area contributed by atoms with Gasteiger partial charge in [0, 0.05) is 103 Å². The topological polar surface area (TPSA) is 49.0 Å². The van der Waals surface area contributed by atoms with E-state index in [1.165, 1.54) is 138 Å². The van der Waals surface area contributed by atoms with E-state index in [1.807, 2.05) is 0 Å². The van der Waals surface area contributed by atoms with Gasteiger partial charge in [-0.3, -0.25) is 12.9 Å². The molecule has 0 saturated heterocycles. The summed E-state index contributed by atoms with van der Waals surface area (Å²) < 4.78 is 22.3. The van der Waals surface area contributed by atoms with E-state index in [2.05, 4.69) is 341 Å². The molecule has 15 heteroatoms. The smallest absolute Gasteiger partial charge is 0.256 e. The van der Waals surface area contributed by atoms with Crippen molar-refractivity contribution in [1.82, 2.24) is 13.7 Å². The highest BCUT2D eigenvalue weighted by Crippen LogP contribution is 2.50. The van der Waals surface area contributed by atoms with Gasteiger partial charge >= 0.3 is 0 Å². The zero-order chi connectivity index (χ0) is 66.9. The third-order valence-corrected chi connectivity index (χ3v) is 25.0. The molecule has 23 rings (SSSR count). The van der Waals surface area contributed by atoms with Gasteiger partial charge in [-0.2, -0.15) is 0 Å². The van der Waals surface area contributed by atoms with Crippen molar-refractivity contribution in [2.24, 2.45) is 0 Å².